The number of carbonyl (C=O) groups excluding carboxylic acids is 1. The molecule has 2 heterocycles. The van der Waals surface area contributed by atoms with Gasteiger partial charge in [0.2, 0.25) is 5.78 Å². The summed E-state index contributed by atoms with van der Waals surface area (Å²) in [5, 5.41) is 0.903. The van der Waals surface area contributed by atoms with Crippen LogP contribution in [0.1, 0.15) is 32.4 Å². The average molecular weight is 289 g/mol. The van der Waals surface area contributed by atoms with Crippen LogP contribution < -0.4 is 9.47 Å². The Morgan fingerprint density at radius 2 is 1.95 bits per heavy atom. The lowest BCUT2D eigenvalue weighted by molar-refractivity contribution is 0.104. The highest BCUT2D eigenvalue weighted by atomic mass is 32.1. The Morgan fingerprint density at radius 3 is 2.65 bits per heavy atom. The van der Waals surface area contributed by atoms with Crippen LogP contribution in [0.25, 0.3) is 0 Å². The Morgan fingerprint density at radius 1 is 1.20 bits per heavy atom. The number of hydrogen-bond donors (Lipinski definition) is 0. The summed E-state index contributed by atoms with van der Waals surface area (Å²) in [6.07, 6.45) is 0.852. The van der Waals surface area contributed by atoms with Crippen LogP contribution in [0.2, 0.25) is 0 Å². The molecule has 2 aromatic rings. The molecule has 0 bridgehead atoms. The number of ether oxygens (including phenoxy) is 2. The molecule has 0 atom stereocenters. The fourth-order valence-corrected chi connectivity index (χ4v) is 3.06. The van der Waals surface area contributed by atoms with E-state index >= 15 is 0 Å². The van der Waals surface area contributed by atoms with Crippen molar-refractivity contribution in [2.45, 2.75) is 20.3 Å². The molecule has 3 rings (SSSR count). The van der Waals surface area contributed by atoms with Crippen LogP contribution in [-0.2, 0) is 0 Å². The molecule has 1 aromatic heterocycles. The van der Waals surface area contributed by atoms with E-state index in [0.717, 1.165) is 17.1 Å². The fourth-order valence-electron chi connectivity index (χ4n) is 2.18. The maximum atomic E-state index is 12.5. The van der Waals surface area contributed by atoms with Crippen molar-refractivity contribution >= 4 is 17.1 Å². The van der Waals surface area contributed by atoms with Crippen LogP contribution in [-0.4, -0.2) is 24.0 Å². The van der Waals surface area contributed by atoms with E-state index in [1.165, 1.54) is 11.3 Å². The van der Waals surface area contributed by atoms with Crippen LogP contribution in [0.5, 0.6) is 11.5 Å². The van der Waals surface area contributed by atoms with Crippen LogP contribution in [0.15, 0.2) is 18.2 Å². The van der Waals surface area contributed by atoms with Crippen molar-refractivity contribution in [3.05, 3.63) is 39.3 Å². The number of aryl methyl sites for hydroxylation is 2. The van der Waals surface area contributed by atoms with Gasteiger partial charge in [0, 0.05) is 12.0 Å². The van der Waals surface area contributed by atoms with E-state index in [0.29, 0.717) is 35.2 Å². The third-order valence-corrected chi connectivity index (χ3v) is 4.19. The van der Waals surface area contributed by atoms with Gasteiger partial charge in [-0.2, -0.15) is 0 Å². The molecule has 104 valence electrons. The van der Waals surface area contributed by atoms with Crippen molar-refractivity contribution in [1.29, 1.82) is 0 Å². The molecule has 0 amide bonds. The number of aromatic nitrogens is 1. The van der Waals surface area contributed by atoms with Crippen LogP contribution >= 0.6 is 11.3 Å². The van der Waals surface area contributed by atoms with E-state index in [-0.39, 0.29) is 5.78 Å². The highest BCUT2D eigenvalue weighted by molar-refractivity contribution is 7.14. The monoisotopic (exact) mass is 289 g/mol. The van der Waals surface area contributed by atoms with Crippen LogP contribution in [0, 0.1) is 13.8 Å². The van der Waals surface area contributed by atoms with Gasteiger partial charge < -0.3 is 9.47 Å². The predicted octanol–water partition coefficient (Wildman–Crippen LogP) is 3.15. The fraction of sp³-hybridized carbons (Fsp3) is 0.333. The molecule has 1 aromatic carbocycles. The number of fused-ring (bicyclic) bond motifs is 1. The molecule has 1 aliphatic rings. The second-order valence-electron chi connectivity index (χ2n) is 4.69. The Balaban J connectivity index is 1.96. The van der Waals surface area contributed by atoms with Gasteiger partial charge in [0.25, 0.3) is 0 Å². The summed E-state index contributed by atoms with van der Waals surface area (Å²) in [6.45, 7) is 5.03. The van der Waals surface area contributed by atoms with E-state index < -0.39 is 0 Å². The first kappa shape index (κ1) is 13.1. The lowest BCUT2D eigenvalue weighted by Gasteiger charge is -2.08. The van der Waals surface area contributed by atoms with Crippen molar-refractivity contribution in [2.75, 3.05) is 13.2 Å². The number of thiazole rings is 1. The molecule has 0 spiro atoms. The SMILES string of the molecule is Cc1nc(C)c(C(=O)c2ccc3c(c2)OCCCO3)s1. The van der Waals surface area contributed by atoms with Crippen molar-refractivity contribution in [2.24, 2.45) is 0 Å². The Kier molecular flexibility index (Phi) is 3.44. The van der Waals surface area contributed by atoms with Gasteiger partial charge >= 0.3 is 0 Å². The minimum Gasteiger partial charge on any atom is -0.490 e. The summed E-state index contributed by atoms with van der Waals surface area (Å²) < 4.78 is 11.2. The lowest BCUT2D eigenvalue weighted by Crippen LogP contribution is -2.02. The number of rotatable bonds is 2. The van der Waals surface area contributed by atoms with Crippen LogP contribution in [0.4, 0.5) is 0 Å². The first-order chi connectivity index (χ1) is 9.65. The molecule has 0 unspecified atom stereocenters. The van der Waals surface area contributed by atoms with Gasteiger partial charge in [-0.05, 0) is 32.0 Å². The highest BCUT2D eigenvalue weighted by Crippen LogP contribution is 2.32. The summed E-state index contributed by atoms with van der Waals surface area (Å²) >= 11 is 1.43. The standard InChI is InChI=1S/C15H15NO3S/c1-9-15(20-10(2)16-9)14(17)11-4-5-12-13(8-11)19-7-3-6-18-12/h4-5,8H,3,6-7H2,1-2H3. The molecule has 0 radical (unpaired) electrons. The first-order valence-electron chi connectivity index (χ1n) is 6.53. The zero-order valence-electron chi connectivity index (χ0n) is 11.4. The zero-order chi connectivity index (χ0) is 14.1. The molecule has 0 saturated heterocycles. The molecule has 4 nitrogen and oxygen atoms in total. The third kappa shape index (κ3) is 2.41. The Hall–Kier alpha value is -1.88. The summed E-state index contributed by atoms with van der Waals surface area (Å²) in [4.78, 5) is 17.5. The number of nitrogens with zero attached hydrogens (tertiary/aromatic N) is 1. The summed E-state index contributed by atoms with van der Waals surface area (Å²) in [6, 6.07) is 5.35. The van der Waals surface area contributed by atoms with Gasteiger partial charge in [-0.15, -0.1) is 11.3 Å². The molecule has 5 heteroatoms. The Labute approximate surface area is 121 Å². The largest absolute Gasteiger partial charge is 0.490 e. The summed E-state index contributed by atoms with van der Waals surface area (Å²) in [5.74, 6) is 1.34. The molecule has 20 heavy (non-hydrogen) atoms. The van der Waals surface area contributed by atoms with Gasteiger partial charge in [0.15, 0.2) is 11.5 Å². The van der Waals surface area contributed by atoms with Gasteiger partial charge in [0.1, 0.15) is 0 Å². The van der Waals surface area contributed by atoms with Crippen LogP contribution in [0.3, 0.4) is 0 Å². The minimum atomic E-state index is -0.0104. The van der Waals surface area contributed by atoms with Gasteiger partial charge in [-0.1, -0.05) is 0 Å². The first-order valence-corrected chi connectivity index (χ1v) is 7.35. The molecule has 0 saturated carbocycles. The van der Waals surface area contributed by atoms with Gasteiger partial charge in [0.05, 0.1) is 28.8 Å². The zero-order valence-corrected chi connectivity index (χ0v) is 12.3. The van der Waals surface area contributed by atoms with Crippen molar-refractivity contribution in [3.63, 3.8) is 0 Å². The van der Waals surface area contributed by atoms with E-state index in [9.17, 15) is 4.79 Å². The number of hydrogen-bond acceptors (Lipinski definition) is 5. The molecular formula is C15H15NO3S. The molecule has 0 N–H and O–H groups in total. The molecule has 0 aliphatic carbocycles. The lowest BCUT2D eigenvalue weighted by atomic mass is 10.1. The van der Waals surface area contributed by atoms with E-state index in [4.69, 9.17) is 9.47 Å². The van der Waals surface area contributed by atoms with Gasteiger partial charge in [-0.25, -0.2) is 4.98 Å². The average Bonchev–Trinajstić information content (AvgIpc) is 2.65. The maximum absolute atomic E-state index is 12.5. The number of benzene rings is 1. The summed E-state index contributed by atoms with van der Waals surface area (Å²) in [7, 11) is 0. The van der Waals surface area contributed by atoms with E-state index in [2.05, 4.69) is 4.98 Å². The van der Waals surface area contributed by atoms with Crippen molar-refractivity contribution in [3.8, 4) is 11.5 Å². The Bertz CT molecular complexity index is 663. The predicted molar refractivity (Wildman–Crippen MR) is 77.1 cm³/mol. The number of carbonyl (C=O) groups is 1. The second-order valence-corrected chi connectivity index (χ2v) is 5.89. The normalized spacial score (nSPS) is 13.9. The van der Waals surface area contributed by atoms with Crippen molar-refractivity contribution in [1.82, 2.24) is 4.98 Å². The highest BCUT2D eigenvalue weighted by Gasteiger charge is 2.19. The van der Waals surface area contributed by atoms with E-state index in [1.807, 2.05) is 13.8 Å². The second kappa shape index (κ2) is 5.25. The van der Waals surface area contributed by atoms with Gasteiger partial charge in [-0.3, -0.25) is 4.79 Å². The topological polar surface area (TPSA) is 48.4 Å². The molecular weight excluding hydrogens is 274 g/mol. The minimum absolute atomic E-state index is 0.0104. The molecule has 0 fully saturated rings. The maximum Gasteiger partial charge on any atom is 0.204 e. The molecule has 1 aliphatic heterocycles. The smallest absolute Gasteiger partial charge is 0.204 e. The number of ketones is 1. The van der Waals surface area contributed by atoms with E-state index in [1.54, 1.807) is 18.2 Å². The summed E-state index contributed by atoms with van der Waals surface area (Å²) in [5.41, 5.74) is 1.39. The van der Waals surface area contributed by atoms with Crippen molar-refractivity contribution < 1.29 is 14.3 Å². The quantitative estimate of drug-likeness (QED) is 0.797. The third-order valence-electron chi connectivity index (χ3n) is 3.12.